The van der Waals surface area contributed by atoms with Crippen molar-refractivity contribution in [3.63, 3.8) is 0 Å². The first kappa shape index (κ1) is 27.0. The summed E-state index contributed by atoms with van der Waals surface area (Å²) in [5, 5.41) is 6.74. The molecule has 0 radical (unpaired) electrons. The van der Waals surface area contributed by atoms with Gasteiger partial charge < -0.3 is 20.3 Å². The molecule has 2 saturated heterocycles. The second-order valence-corrected chi connectivity index (χ2v) is 12.3. The Bertz CT molecular complexity index is 1330. The van der Waals surface area contributed by atoms with E-state index in [1.165, 1.54) is 0 Å². The molecule has 3 aliphatic heterocycles. The molecule has 2 aromatic rings. The van der Waals surface area contributed by atoms with Crippen LogP contribution in [-0.4, -0.2) is 53.0 Å². The number of ether oxygens (including phenoxy) is 1. The van der Waals surface area contributed by atoms with Crippen molar-refractivity contribution in [1.29, 1.82) is 0 Å². The second kappa shape index (κ2) is 10.7. The van der Waals surface area contributed by atoms with E-state index >= 15 is 0 Å². The Morgan fingerprint density at radius 2 is 1.88 bits per heavy atom. The van der Waals surface area contributed by atoms with Gasteiger partial charge in [0.15, 0.2) is 0 Å². The van der Waals surface area contributed by atoms with E-state index in [2.05, 4.69) is 24.5 Å². The van der Waals surface area contributed by atoms with Crippen molar-refractivity contribution in [2.24, 2.45) is 23.7 Å². The highest BCUT2D eigenvalue weighted by molar-refractivity contribution is 6.30. The quantitative estimate of drug-likeness (QED) is 0.483. The van der Waals surface area contributed by atoms with Crippen LogP contribution in [0.1, 0.15) is 38.7 Å². The molecule has 8 atom stereocenters. The predicted octanol–water partition coefficient (Wildman–Crippen LogP) is 4.61. The Kier molecular flexibility index (Phi) is 7.21. The van der Waals surface area contributed by atoms with Gasteiger partial charge in [-0.1, -0.05) is 86.8 Å². The first-order valence-corrected chi connectivity index (χ1v) is 14.7. The molecule has 1 spiro atoms. The van der Waals surface area contributed by atoms with Crippen LogP contribution in [-0.2, 0) is 25.5 Å². The van der Waals surface area contributed by atoms with Crippen LogP contribution in [0, 0.1) is 23.7 Å². The fourth-order valence-corrected chi connectivity index (χ4v) is 7.43. The second-order valence-electron chi connectivity index (χ2n) is 11.9. The Morgan fingerprint density at radius 1 is 1.07 bits per heavy atom. The van der Waals surface area contributed by atoms with Gasteiger partial charge in [0.1, 0.15) is 11.6 Å². The molecule has 3 amide bonds. The highest BCUT2D eigenvalue weighted by Gasteiger charge is 2.72. The molecular weight excluding hydrogens is 526 g/mol. The Hall–Kier alpha value is -3.16. The molecule has 7 nitrogen and oxygen atoms in total. The highest BCUT2D eigenvalue weighted by atomic mass is 35.5. The summed E-state index contributed by atoms with van der Waals surface area (Å²) in [5.74, 6) is -1.39. The zero-order valence-electron chi connectivity index (χ0n) is 22.9. The molecule has 2 N–H and O–H groups in total. The van der Waals surface area contributed by atoms with Crippen LogP contribution in [0.2, 0.25) is 5.02 Å². The minimum atomic E-state index is -1.18. The summed E-state index contributed by atoms with van der Waals surface area (Å²) < 4.78 is 6.48. The summed E-state index contributed by atoms with van der Waals surface area (Å²) in [6.45, 7) is 4.79. The van der Waals surface area contributed by atoms with Crippen LogP contribution in [0.3, 0.4) is 0 Å². The number of hydrogen-bond acceptors (Lipinski definition) is 4. The summed E-state index contributed by atoms with van der Waals surface area (Å²) in [4.78, 5) is 43.6. The van der Waals surface area contributed by atoms with Crippen LogP contribution in [0.4, 0.5) is 5.69 Å². The molecule has 0 aromatic heterocycles. The maximum atomic E-state index is 14.2. The van der Waals surface area contributed by atoms with E-state index in [4.69, 9.17) is 16.3 Å². The molecule has 40 heavy (non-hydrogen) atoms. The molecular formula is C32H36ClN3O4. The number of carbonyl (C=O) groups excluding carboxylic acids is 3. The van der Waals surface area contributed by atoms with Gasteiger partial charge in [-0.05, 0) is 48.4 Å². The number of halogens is 1. The lowest BCUT2D eigenvalue weighted by molar-refractivity contribution is -0.141. The van der Waals surface area contributed by atoms with Crippen molar-refractivity contribution in [1.82, 2.24) is 10.2 Å². The van der Waals surface area contributed by atoms with E-state index in [0.29, 0.717) is 35.5 Å². The van der Waals surface area contributed by atoms with Gasteiger partial charge in [0, 0.05) is 23.3 Å². The number of amides is 3. The van der Waals surface area contributed by atoms with Crippen molar-refractivity contribution >= 4 is 35.0 Å². The number of anilines is 1. The van der Waals surface area contributed by atoms with E-state index in [0.717, 1.165) is 24.8 Å². The molecule has 8 heteroatoms. The average Bonchev–Trinajstić information content (AvgIpc) is 3.58. The van der Waals surface area contributed by atoms with E-state index < -0.39 is 29.6 Å². The SMILES string of the molecule is C[C@@H]1[C@H](C)CCC[C@@H]1NC(=O)[C@@H]1N(CCc2ccccc2)C(=O)[C@@H]2[C@H](C(=O)Nc3cccc(Cl)c3)[C@@H]3C=C[C@]21O3. The van der Waals surface area contributed by atoms with Gasteiger partial charge >= 0.3 is 0 Å². The van der Waals surface area contributed by atoms with E-state index in [-0.39, 0.29) is 23.8 Å². The molecule has 1 saturated carbocycles. The highest BCUT2D eigenvalue weighted by Crippen LogP contribution is 2.55. The van der Waals surface area contributed by atoms with Gasteiger partial charge in [0.25, 0.3) is 0 Å². The molecule has 1 aliphatic carbocycles. The van der Waals surface area contributed by atoms with Gasteiger partial charge in [-0.3, -0.25) is 14.4 Å². The topological polar surface area (TPSA) is 87.7 Å². The molecule has 3 heterocycles. The number of benzene rings is 2. The van der Waals surface area contributed by atoms with Crippen LogP contribution in [0.25, 0.3) is 0 Å². The zero-order valence-corrected chi connectivity index (χ0v) is 23.6. The third-order valence-corrected chi connectivity index (χ3v) is 9.77. The van der Waals surface area contributed by atoms with E-state index in [1.807, 2.05) is 42.5 Å². The lowest BCUT2D eigenvalue weighted by atomic mass is 9.73. The summed E-state index contributed by atoms with van der Waals surface area (Å²) in [6.07, 6.45) is 6.87. The molecule has 6 rings (SSSR count). The summed E-state index contributed by atoms with van der Waals surface area (Å²) in [7, 11) is 0. The lowest BCUT2D eigenvalue weighted by Gasteiger charge is -2.38. The largest absolute Gasteiger partial charge is 0.359 e. The average molecular weight is 562 g/mol. The molecule has 210 valence electrons. The Balaban J connectivity index is 1.30. The number of rotatable bonds is 7. The van der Waals surface area contributed by atoms with Crippen LogP contribution in [0.5, 0.6) is 0 Å². The number of likely N-dealkylation sites (tertiary alicyclic amines) is 1. The number of hydrogen-bond donors (Lipinski definition) is 2. The van der Waals surface area contributed by atoms with Crippen molar-refractivity contribution in [3.05, 3.63) is 77.3 Å². The first-order valence-electron chi connectivity index (χ1n) is 14.4. The smallest absolute Gasteiger partial charge is 0.246 e. The normalized spacial score (nSPS) is 34.1. The minimum Gasteiger partial charge on any atom is -0.359 e. The third kappa shape index (κ3) is 4.63. The minimum absolute atomic E-state index is 0.0438. The van der Waals surface area contributed by atoms with Gasteiger partial charge in [-0.2, -0.15) is 0 Å². The van der Waals surface area contributed by atoms with Crippen molar-refractivity contribution in [2.75, 3.05) is 11.9 Å². The van der Waals surface area contributed by atoms with Crippen molar-refractivity contribution in [3.8, 4) is 0 Å². The maximum absolute atomic E-state index is 14.2. The van der Waals surface area contributed by atoms with Gasteiger partial charge in [-0.25, -0.2) is 0 Å². The van der Waals surface area contributed by atoms with E-state index in [1.54, 1.807) is 29.2 Å². The van der Waals surface area contributed by atoms with Crippen LogP contribution >= 0.6 is 11.6 Å². The number of carbonyl (C=O) groups is 3. The first-order chi connectivity index (χ1) is 19.3. The van der Waals surface area contributed by atoms with Crippen LogP contribution < -0.4 is 10.6 Å². The molecule has 0 unspecified atom stereocenters. The third-order valence-electron chi connectivity index (χ3n) is 9.54. The molecule has 2 bridgehead atoms. The van der Waals surface area contributed by atoms with Gasteiger partial charge in [0.2, 0.25) is 17.7 Å². The standard InChI is InChI=1S/C32H36ClN3O4/c1-19-8-6-13-24(20(19)2)35-30(38)28-32-16-14-25(40-32)26(29(37)34-23-12-7-11-22(33)18-23)27(32)31(39)36(28)17-15-21-9-4-3-5-10-21/h3-5,7,9-12,14,16,18-20,24-28H,6,8,13,15,17H2,1-2H3,(H,34,37)(H,35,38)/t19-,20-,24+,25+,26-,27+,28+,32+/m1/s1. The number of nitrogens with one attached hydrogen (secondary N) is 2. The Labute approximate surface area is 240 Å². The number of nitrogens with zero attached hydrogens (tertiary/aromatic N) is 1. The fraction of sp³-hybridized carbons (Fsp3) is 0.469. The molecule has 4 aliphatic rings. The maximum Gasteiger partial charge on any atom is 0.246 e. The number of fused-ring (bicyclic) bond motifs is 1. The Morgan fingerprint density at radius 3 is 2.65 bits per heavy atom. The summed E-state index contributed by atoms with van der Waals surface area (Å²) in [5.41, 5.74) is 0.455. The van der Waals surface area contributed by atoms with E-state index in [9.17, 15) is 14.4 Å². The summed E-state index contributed by atoms with van der Waals surface area (Å²) in [6, 6.07) is 16.0. The monoisotopic (exact) mass is 561 g/mol. The van der Waals surface area contributed by atoms with Crippen molar-refractivity contribution in [2.45, 2.75) is 63.3 Å². The van der Waals surface area contributed by atoms with Crippen molar-refractivity contribution < 1.29 is 19.1 Å². The zero-order chi connectivity index (χ0) is 28.0. The predicted molar refractivity (Wildman–Crippen MR) is 154 cm³/mol. The molecule has 2 aromatic carbocycles. The fourth-order valence-electron chi connectivity index (χ4n) is 7.24. The van der Waals surface area contributed by atoms with Crippen LogP contribution in [0.15, 0.2) is 66.7 Å². The van der Waals surface area contributed by atoms with Gasteiger partial charge in [0.05, 0.1) is 17.9 Å². The molecule has 3 fully saturated rings. The van der Waals surface area contributed by atoms with Gasteiger partial charge in [-0.15, -0.1) is 0 Å². The lowest BCUT2D eigenvalue weighted by Crippen LogP contribution is -2.58. The summed E-state index contributed by atoms with van der Waals surface area (Å²) >= 11 is 6.13.